The van der Waals surface area contributed by atoms with Crippen LogP contribution >= 0.6 is 23.8 Å². The second kappa shape index (κ2) is 5.93. The molecule has 4 aliphatic carbocycles. The highest BCUT2D eigenvalue weighted by Gasteiger charge is 2.53. The van der Waals surface area contributed by atoms with Crippen LogP contribution in [-0.2, 0) is 0 Å². The van der Waals surface area contributed by atoms with Crippen molar-refractivity contribution in [3.05, 3.63) is 29.3 Å². The van der Waals surface area contributed by atoms with E-state index >= 15 is 0 Å². The van der Waals surface area contributed by atoms with Crippen LogP contribution < -0.4 is 10.6 Å². The molecule has 0 heterocycles. The van der Waals surface area contributed by atoms with Crippen LogP contribution in [0.3, 0.4) is 0 Å². The molecule has 124 valence electrons. The van der Waals surface area contributed by atoms with Gasteiger partial charge in [0.1, 0.15) is 0 Å². The number of benzene rings is 1. The van der Waals surface area contributed by atoms with Gasteiger partial charge in [-0.15, -0.1) is 0 Å². The molecule has 4 bridgehead atoms. The van der Waals surface area contributed by atoms with Gasteiger partial charge in [-0.2, -0.15) is 0 Å². The van der Waals surface area contributed by atoms with Gasteiger partial charge in [0.15, 0.2) is 5.11 Å². The van der Waals surface area contributed by atoms with Crippen LogP contribution in [0.15, 0.2) is 24.3 Å². The summed E-state index contributed by atoms with van der Waals surface area (Å²) in [5.74, 6) is 2.90. The van der Waals surface area contributed by atoms with Gasteiger partial charge < -0.3 is 10.6 Å². The SMILES string of the molecule is CC(NC(=S)Nc1ccccc1Cl)C12CC3CC(CC(C3)C1)C2. The lowest BCUT2D eigenvalue weighted by Crippen LogP contribution is -2.56. The van der Waals surface area contributed by atoms with Crippen LogP contribution in [0.1, 0.15) is 45.4 Å². The lowest BCUT2D eigenvalue weighted by molar-refractivity contribution is -0.0671. The van der Waals surface area contributed by atoms with E-state index in [0.717, 1.165) is 23.4 Å². The second-order valence-corrected chi connectivity index (χ2v) is 8.90. The van der Waals surface area contributed by atoms with Gasteiger partial charge in [0.25, 0.3) is 0 Å². The second-order valence-electron chi connectivity index (χ2n) is 8.08. The fourth-order valence-electron chi connectivity index (χ4n) is 5.78. The molecule has 2 N–H and O–H groups in total. The van der Waals surface area contributed by atoms with Crippen LogP contribution in [-0.4, -0.2) is 11.2 Å². The van der Waals surface area contributed by atoms with Crippen molar-refractivity contribution in [1.29, 1.82) is 0 Å². The summed E-state index contributed by atoms with van der Waals surface area (Å²) in [7, 11) is 0. The van der Waals surface area contributed by atoms with E-state index < -0.39 is 0 Å². The molecule has 23 heavy (non-hydrogen) atoms. The summed E-state index contributed by atoms with van der Waals surface area (Å²) in [6.45, 7) is 2.33. The fraction of sp³-hybridized carbons (Fsp3) is 0.632. The largest absolute Gasteiger partial charge is 0.359 e. The summed E-state index contributed by atoms with van der Waals surface area (Å²) in [5, 5.41) is 8.24. The Morgan fingerprint density at radius 1 is 1.13 bits per heavy atom. The van der Waals surface area contributed by atoms with E-state index in [1.54, 1.807) is 0 Å². The standard InChI is InChI=1S/C19H25ClN2S/c1-12(21-18(23)22-17-5-3-2-4-16(17)20)19-9-13-6-14(10-19)8-15(7-13)11-19/h2-5,12-15H,6-11H2,1H3,(H2,21,22,23). The van der Waals surface area contributed by atoms with Crippen LogP contribution in [0.4, 0.5) is 5.69 Å². The molecule has 1 unspecified atom stereocenters. The highest BCUT2D eigenvalue weighted by molar-refractivity contribution is 7.80. The number of rotatable bonds is 3. The lowest BCUT2D eigenvalue weighted by Gasteiger charge is -2.59. The zero-order chi connectivity index (χ0) is 16.0. The Morgan fingerprint density at radius 3 is 2.26 bits per heavy atom. The minimum absolute atomic E-state index is 0.429. The highest BCUT2D eigenvalue weighted by atomic mass is 35.5. The molecule has 0 aromatic heterocycles. The van der Waals surface area contributed by atoms with E-state index in [4.69, 9.17) is 23.8 Å². The maximum atomic E-state index is 6.21. The van der Waals surface area contributed by atoms with Gasteiger partial charge >= 0.3 is 0 Å². The maximum absolute atomic E-state index is 6.21. The third-order valence-electron chi connectivity index (χ3n) is 6.47. The van der Waals surface area contributed by atoms with Crippen molar-refractivity contribution >= 4 is 34.6 Å². The Labute approximate surface area is 149 Å². The molecule has 0 saturated heterocycles. The summed E-state index contributed by atoms with van der Waals surface area (Å²) in [6, 6.07) is 8.18. The Bertz CT molecular complexity index is 580. The Morgan fingerprint density at radius 2 is 1.70 bits per heavy atom. The molecule has 0 spiro atoms. The monoisotopic (exact) mass is 348 g/mol. The first-order valence-corrected chi connectivity index (χ1v) is 9.65. The highest BCUT2D eigenvalue weighted by Crippen LogP contribution is 2.61. The van der Waals surface area contributed by atoms with Crippen molar-refractivity contribution in [3.8, 4) is 0 Å². The normalized spacial score (nSPS) is 35.8. The first-order valence-electron chi connectivity index (χ1n) is 8.86. The summed E-state index contributed by atoms with van der Waals surface area (Å²) < 4.78 is 0. The molecule has 4 saturated carbocycles. The molecule has 5 rings (SSSR count). The Balaban J connectivity index is 1.43. The first-order chi connectivity index (χ1) is 11.0. The fourth-order valence-corrected chi connectivity index (χ4v) is 6.25. The average Bonchev–Trinajstić information content (AvgIpc) is 2.48. The number of thiocarbonyl (C=S) groups is 1. The lowest BCUT2D eigenvalue weighted by atomic mass is 9.48. The smallest absolute Gasteiger partial charge is 0.171 e. The topological polar surface area (TPSA) is 24.1 Å². The molecule has 2 nitrogen and oxygen atoms in total. The molecular weight excluding hydrogens is 324 g/mol. The number of hydrogen-bond donors (Lipinski definition) is 2. The minimum atomic E-state index is 0.429. The van der Waals surface area contributed by atoms with Gasteiger partial charge in [0.2, 0.25) is 0 Å². The molecule has 0 amide bonds. The van der Waals surface area contributed by atoms with E-state index in [-0.39, 0.29) is 0 Å². The average molecular weight is 349 g/mol. The van der Waals surface area contributed by atoms with Crippen LogP contribution in [0, 0.1) is 23.2 Å². The van der Waals surface area contributed by atoms with Gasteiger partial charge in [0.05, 0.1) is 10.7 Å². The van der Waals surface area contributed by atoms with E-state index in [9.17, 15) is 0 Å². The van der Waals surface area contributed by atoms with E-state index in [1.165, 1.54) is 38.5 Å². The van der Waals surface area contributed by atoms with Crippen molar-refractivity contribution in [2.45, 2.75) is 51.5 Å². The van der Waals surface area contributed by atoms with Gasteiger partial charge in [-0.25, -0.2) is 0 Å². The molecule has 4 heteroatoms. The third kappa shape index (κ3) is 2.98. The van der Waals surface area contributed by atoms with E-state index in [0.29, 0.717) is 21.6 Å². The first kappa shape index (κ1) is 15.7. The van der Waals surface area contributed by atoms with Gasteiger partial charge in [-0.05, 0) is 93.0 Å². The molecule has 1 aromatic carbocycles. The van der Waals surface area contributed by atoms with E-state index in [1.807, 2.05) is 24.3 Å². The van der Waals surface area contributed by atoms with Crippen LogP contribution in [0.25, 0.3) is 0 Å². The van der Waals surface area contributed by atoms with Gasteiger partial charge in [-0.3, -0.25) is 0 Å². The van der Waals surface area contributed by atoms with Crippen molar-refractivity contribution in [1.82, 2.24) is 5.32 Å². The number of anilines is 1. The third-order valence-corrected chi connectivity index (χ3v) is 7.02. The molecule has 0 aliphatic heterocycles. The molecular formula is C19H25ClN2S. The van der Waals surface area contributed by atoms with Crippen molar-refractivity contribution < 1.29 is 0 Å². The molecule has 4 fully saturated rings. The van der Waals surface area contributed by atoms with Gasteiger partial charge in [-0.1, -0.05) is 23.7 Å². The van der Waals surface area contributed by atoms with Crippen LogP contribution in [0.5, 0.6) is 0 Å². The summed E-state index contributed by atoms with van der Waals surface area (Å²) >= 11 is 11.8. The predicted octanol–water partition coefficient (Wildman–Crippen LogP) is 5.23. The molecule has 0 radical (unpaired) electrons. The number of halogens is 1. The van der Waals surface area contributed by atoms with Crippen molar-refractivity contribution in [3.63, 3.8) is 0 Å². The summed E-state index contributed by atoms with van der Waals surface area (Å²) in [5.41, 5.74) is 1.34. The van der Waals surface area contributed by atoms with Gasteiger partial charge in [0, 0.05) is 6.04 Å². The zero-order valence-electron chi connectivity index (χ0n) is 13.6. The zero-order valence-corrected chi connectivity index (χ0v) is 15.2. The molecule has 1 aromatic rings. The quantitative estimate of drug-likeness (QED) is 0.731. The van der Waals surface area contributed by atoms with Crippen LogP contribution in [0.2, 0.25) is 5.02 Å². The predicted molar refractivity (Wildman–Crippen MR) is 101 cm³/mol. The molecule has 4 aliphatic rings. The summed E-state index contributed by atoms with van der Waals surface area (Å²) in [4.78, 5) is 0. The van der Waals surface area contributed by atoms with Crippen molar-refractivity contribution in [2.75, 3.05) is 5.32 Å². The Hall–Kier alpha value is -0.800. The number of nitrogens with one attached hydrogen (secondary N) is 2. The Kier molecular flexibility index (Phi) is 4.05. The minimum Gasteiger partial charge on any atom is -0.359 e. The maximum Gasteiger partial charge on any atom is 0.171 e. The number of hydrogen-bond acceptors (Lipinski definition) is 1. The van der Waals surface area contributed by atoms with Crippen molar-refractivity contribution in [2.24, 2.45) is 23.2 Å². The summed E-state index contributed by atoms with van der Waals surface area (Å²) in [6.07, 6.45) is 8.61. The van der Waals surface area contributed by atoms with E-state index in [2.05, 4.69) is 17.6 Å². The number of para-hydroxylation sites is 1. The molecule has 1 atom stereocenters.